The van der Waals surface area contributed by atoms with Gasteiger partial charge in [0.1, 0.15) is 6.04 Å². The Balaban J connectivity index is 2.51. The molecule has 0 aliphatic carbocycles. The summed E-state index contributed by atoms with van der Waals surface area (Å²) in [5.41, 5.74) is 4.83. The molecular formula is C11H20N2O3. The average Bonchev–Trinajstić information content (AvgIpc) is 2.64. The van der Waals surface area contributed by atoms with Crippen molar-refractivity contribution >= 4 is 12.1 Å². The lowest BCUT2D eigenvalue weighted by atomic mass is 10.1. The molecule has 0 aromatic rings. The minimum atomic E-state index is -1.01. The normalized spacial score (nSPS) is 23.0. The van der Waals surface area contributed by atoms with Crippen molar-refractivity contribution in [3.8, 4) is 0 Å². The second-order valence-corrected chi connectivity index (χ2v) is 4.41. The van der Waals surface area contributed by atoms with E-state index in [1.165, 1.54) is 0 Å². The number of rotatable bonds is 4. The van der Waals surface area contributed by atoms with Crippen LogP contribution in [0.5, 0.6) is 0 Å². The molecule has 1 aliphatic heterocycles. The molecule has 1 unspecified atom stereocenters. The second-order valence-electron chi connectivity index (χ2n) is 4.41. The lowest BCUT2D eigenvalue weighted by Crippen LogP contribution is -2.41. The predicted octanol–water partition coefficient (Wildman–Crippen LogP) is 1.12. The fourth-order valence-corrected chi connectivity index (χ4v) is 2.01. The van der Waals surface area contributed by atoms with Crippen LogP contribution in [0.1, 0.15) is 33.1 Å². The smallest absolute Gasteiger partial charge is 0.375 e. The first kappa shape index (κ1) is 13.0. The number of nitrogens with zero attached hydrogens (tertiary/aromatic N) is 1. The summed E-state index contributed by atoms with van der Waals surface area (Å²) in [6, 6.07) is -0.290. The molecule has 0 radical (unpaired) electrons. The fourth-order valence-electron chi connectivity index (χ4n) is 2.01. The SMILES string of the molecule is CC[C@H](C)CN1CCCC1C(=O)OC(N)=O. The monoisotopic (exact) mass is 228 g/mol. The van der Waals surface area contributed by atoms with Gasteiger partial charge in [-0.05, 0) is 25.3 Å². The van der Waals surface area contributed by atoms with Crippen LogP contribution in [-0.4, -0.2) is 36.1 Å². The number of hydrogen-bond acceptors (Lipinski definition) is 4. The quantitative estimate of drug-likeness (QED) is 0.578. The van der Waals surface area contributed by atoms with E-state index in [-0.39, 0.29) is 6.04 Å². The number of ether oxygens (including phenoxy) is 1. The minimum Gasteiger partial charge on any atom is -0.375 e. The highest BCUT2D eigenvalue weighted by molar-refractivity contribution is 5.87. The van der Waals surface area contributed by atoms with Gasteiger partial charge >= 0.3 is 12.1 Å². The van der Waals surface area contributed by atoms with E-state index in [9.17, 15) is 9.59 Å². The zero-order chi connectivity index (χ0) is 12.1. The molecule has 0 aromatic heterocycles. The van der Waals surface area contributed by atoms with Crippen LogP contribution >= 0.6 is 0 Å². The molecule has 0 aromatic carbocycles. The molecule has 2 N–H and O–H groups in total. The molecule has 1 amide bonds. The van der Waals surface area contributed by atoms with Crippen LogP contribution in [-0.2, 0) is 9.53 Å². The highest BCUT2D eigenvalue weighted by Crippen LogP contribution is 2.20. The number of amides is 1. The zero-order valence-corrected chi connectivity index (χ0v) is 9.94. The van der Waals surface area contributed by atoms with Crippen molar-refractivity contribution in [2.24, 2.45) is 11.7 Å². The number of esters is 1. The third kappa shape index (κ3) is 3.48. The molecule has 0 saturated carbocycles. The average molecular weight is 228 g/mol. The third-order valence-electron chi connectivity index (χ3n) is 3.08. The first-order valence-electron chi connectivity index (χ1n) is 5.79. The molecule has 1 fully saturated rings. The van der Waals surface area contributed by atoms with Crippen molar-refractivity contribution in [2.45, 2.75) is 39.2 Å². The summed E-state index contributed by atoms with van der Waals surface area (Å²) in [4.78, 5) is 24.2. The van der Waals surface area contributed by atoms with E-state index in [1.807, 2.05) is 0 Å². The maximum absolute atomic E-state index is 11.6. The van der Waals surface area contributed by atoms with Crippen LogP contribution in [0.25, 0.3) is 0 Å². The summed E-state index contributed by atoms with van der Waals surface area (Å²) in [6.07, 6.45) is 1.78. The van der Waals surface area contributed by atoms with Gasteiger partial charge in [-0.1, -0.05) is 20.3 Å². The number of carbonyl (C=O) groups excluding carboxylic acids is 2. The Labute approximate surface area is 95.9 Å². The molecule has 1 aliphatic rings. The maximum atomic E-state index is 11.6. The summed E-state index contributed by atoms with van der Waals surface area (Å²) in [5.74, 6) is 0.0373. The lowest BCUT2D eigenvalue weighted by molar-refractivity contribution is -0.142. The Kier molecular flexibility index (Phi) is 4.73. The molecular weight excluding hydrogens is 208 g/mol. The summed E-state index contributed by atoms with van der Waals surface area (Å²) < 4.78 is 4.44. The van der Waals surface area contributed by atoms with E-state index in [1.54, 1.807) is 0 Å². The molecule has 92 valence electrons. The van der Waals surface area contributed by atoms with Gasteiger partial charge in [0.05, 0.1) is 0 Å². The molecule has 16 heavy (non-hydrogen) atoms. The highest BCUT2D eigenvalue weighted by Gasteiger charge is 2.33. The first-order chi connectivity index (χ1) is 7.54. The number of hydrogen-bond donors (Lipinski definition) is 1. The standard InChI is InChI=1S/C11H20N2O3/c1-3-8(2)7-13-6-4-5-9(13)10(14)16-11(12)15/h8-9H,3-7H2,1-2H3,(H2,12,15)/t8-,9?/m0/s1. The van der Waals surface area contributed by atoms with Gasteiger partial charge in [-0.25, -0.2) is 9.59 Å². The Bertz CT molecular complexity index is 268. The van der Waals surface area contributed by atoms with Crippen LogP contribution in [0, 0.1) is 5.92 Å². The van der Waals surface area contributed by atoms with Gasteiger partial charge in [-0.15, -0.1) is 0 Å². The molecule has 2 atom stereocenters. The van der Waals surface area contributed by atoms with Crippen molar-refractivity contribution in [2.75, 3.05) is 13.1 Å². The van der Waals surface area contributed by atoms with Crippen LogP contribution < -0.4 is 5.73 Å². The first-order valence-corrected chi connectivity index (χ1v) is 5.79. The molecule has 0 bridgehead atoms. The van der Waals surface area contributed by atoms with Gasteiger partial charge in [0.2, 0.25) is 0 Å². The minimum absolute atomic E-state index is 0.290. The number of primary amides is 1. The summed E-state index contributed by atoms with van der Waals surface area (Å²) >= 11 is 0. The van der Waals surface area contributed by atoms with E-state index in [4.69, 9.17) is 5.73 Å². The summed E-state index contributed by atoms with van der Waals surface area (Å²) in [7, 11) is 0. The second kappa shape index (κ2) is 5.84. The summed E-state index contributed by atoms with van der Waals surface area (Å²) in [6.45, 7) is 6.03. The van der Waals surface area contributed by atoms with E-state index < -0.39 is 12.1 Å². The zero-order valence-electron chi connectivity index (χ0n) is 9.94. The van der Waals surface area contributed by atoms with E-state index in [2.05, 4.69) is 23.5 Å². The van der Waals surface area contributed by atoms with Crippen LogP contribution in [0.2, 0.25) is 0 Å². The fraction of sp³-hybridized carbons (Fsp3) is 0.818. The number of nitrogens with two attached hydrogens (primary N) is 1. The molecule has 0 spiro atoms. The molecule has 1 saturated heterocycles. The predicted molar refractivity (Wildman–Crippen MR) is 59.7 cm³/mol. The Hall–Kier alpha value is -1.10. The molecule has 1 heterocycles. The van der Waals surface area contributed by atoms with Crippen LogP contribution in [0.3, 0.4) is 0 Å². The van der Waals surface area contributed by atoms with Gasteiger partial charge in [-0.3, -0.25) is 4.90 Å². The Morgan fingerprint density at radius 2 is 2.25 bits per heavy atom. The number of carbonyl (C=O) groups is 2. The Morgan fingerprint density at radius 3 is 2.81 bits per heavy atom. The van der Waals surface area contributed by atoms with Gasteiger partial charge < -0.3 is 10.5 Å². The molecule has 1 rings (SSSR count). The lowest BCUT2D eigenvalue weighted by Gasteiger charge is -2.24. The van der Waals surface area contributed by atoms with Crippen molar-refractivity contribution in [1.82, 2.24) is 4.90 Å². The molecule has 5 heteroatoms. The highest BCUT2D eigenvalue weighted by atomic mass is 16.6. The van der Waals surface area contributed by atoms with Gasteiger partial charge in [-0.2, -0.15) is 0 Å². The number of likely N-dealkylation sites (tertiary alicyclic amines) is 1. The van der Waals surface area contributed by atoms with E-state index in [0.29, 0.717) is 5.92 Å². The van der Waals surface area contributed by atoms with Crippen LogP contribution in [0.4, 0.5) is 4.79 Å². The largest absolute Gasteiger partial charge is 0.412 e. The van der Waals surface area contributed by atoms with Gasteiger partial charge in [0.25, 0.3) is 0 Å². The van der Waals surface area contributed by atoms with Crippen LogP contribution in [0.15, 0.2) is 0 Å². The topological polar surface area (TPSA) is 72.6 Å². The van der Waals surface area contributed by atoms with Crippen molar-refractivity contribution < 1.29 is 14.3 Å². The van der Waals surface area contributed by atoms with E-state index >= 15 is 0 Å². The van der Waals surface area contributed by atoms with Gasteiger partial charge in [0, 0.05) is 6.54 Å². The van der Waals surface area contributed by atoms with Crippen molar-refractivity contribution in [3.05, 3.63) is 0 Å². The summed E-state index contributed by atoms with van der Waals surface area (Å²) in [5, 5.41) is 0. The van der Waals surface area contributed by atoms with Gasteiger partial charge in [0.15, 0.2) is 0 Å². The maximum Gasteiger partial charge on any atom is 0.412 e. The third-order valence-corrected chi connectivity index (χ3v) is 3.08. The van der Waals surface area contributed by atoms with E-state index in [0.717, 1.165) is 32.4 Å². The Morgan fingerprint density at radius 1 is 1.56 bits per heavy atom. The molecule has 5 nitrogen and oxygen atoms in total. The van der Waals surface area contributed by atoms with Crippen molar-refractivity contribution in [3.63, 3.8) is 0 Å². The van der Waals surface area contributed by atoms with Crippen molar-refractivity contribution in [1.29, 1.82) is 0 Å².